The van der Waals surface area contributed by atoms with Crippen molar-refractivity contribution in [3.63, 3.8) is 0 Å². The zero-order chi connectivity index (χ0) is 18.9. The van der Waals surface area contributed by atoms with Crippen LogP contribution in [-0.2, 0) is 9.59 Å². The van der Waals surface area contributed by atoms with Gasteiger partial charge in [-0.25, -0.2) is 4.79 Å². The molecule has 0 aromatic rings. The number of urea groups is 1. The Morgan fingerprint density at radius 1 is 1.08 bits per heavy atom. The Morgan fingerprint density at radius 2 is 1.69 bits per heavy atom. The normalized spacial score (nSPS) is 32.8. The lowest BCUT2D eigenvalue weighted by atomic mass is 9.67. The highest BCUT2D eigenvalue weighted by atomic mass is 16.2. The molecule has 0 aromatic heterocycles. The highest BCUT2D eigenvalue weighted by molar-refractivity contribution is 6.09. The molecule has 6 nitrogen and oxygen atoms in total. The second-order valence-electron chi connectivity index (χ2n) is 8.40. The number of nitrogens with one attached hydrogen (secondary N) is 1. The average molecular weight is 364 g/mol. The molecule has 4 amide bonds. The van der Waals surface area contributed by atoms with Crippen LogP contribution in [0.2, 0.25) is 0 Å². The predicted octanol–water partition coefficient (Wildman–Crippen LogP) is 2.91. The van der Waals surface area contributed by atoms with Gasteiger partial charge in [-0.1, -0.05) is 39.5 Å². The highest BCUT2D eigenvalue weighted by Gasteiger charge is 2.58. The van der Waals surface area contributed by atoms with Gasteiger partial charge in [0.05, 0.1) is 0 Å². The molecule has 0 radical (unpaired) electrons. The van der Waals surface area contributed by atoms with Crippen molar-refractivity contribution in [2.24, 2.45) is 11.8 Å². The van der Waals surface area contributed by atoms with Gasteiger partial charge in [-0.3, -0.25) is 14.5 Å². The Balaban J connectivity index is 1.73. The second kappa shape index (κ2) is 7.57. The Hall–Kier alpha value is -1.59. The first-order valence-corrected chi connectivity index (χ1v) is 10.3. The van der Waals surface area contributed by atoms with Crippen LogP contribution in [-0.4, -0.2) is 52.3 Å². The van der Waals surface area contributed by atoms with E-state index in [0.29, 0.717) is 6.54 Å². The van der Waals surface area contributed by atoms with E-state index in [1.165, 1.54) is 11.3 Å². The molecule has 3 aliphatic rings. The number of hydrogen-bond acceptors (Lipinski definition) is 3. The van der Waals surface area contributed by atoms with Crippen molar-refractivity contribution in [2.75, 3.05) is 13.1 Å². The number of rotatable bonds is 4. The van der Waals surface area contributed by atoms with Crippen LogP contribution in [0.25, 0.3) is 0 Å². The summed E-state index contributed by atoms with van der Waals surface area (Å²) in [5, 5.41) is 2.98. The van der Waals surface area contributed by atoms with E-state index in [2.05, 4.69) is 5.32 Å². The van der Waals surface area contributed by atoms with Crippen LogP contribution in [0.3, 0.4) is 0 Å². The van der Waals surface area contributed by atoms with Gasteiger partial charge in [0, 0.05) is 12.6 Å². The monoisotopic (exact) mass is 363 g/mol. The lowest BCUT2D eigenvalue weighted by Crippen LogP contribution is -2.59. The number of carbonyl (C=O) groups excluding carboxylic acids is 3. The van der Waals surface area contributed by atoms with Gasteiger partial charge in [-0.05, 0) is 44.4 Å². The summed E-state index contributed by atoms with van der Waals surface area (Å²) in [6.07, 6.45) is 8.52. The molecule has 1 aliphatic heterocycles. The molecule has 1 spiro atoms. The van der Waals surface area contributed by atoms with E-state index >= 15 is 0 Å². The smallest absolute Gasteiger partial charge is 0.325 e. The number of nitrogens with zero attached hydrogens (tertiary/aromatic N) is 2. The van der Waals surface area contributed by atoms with E-state index in [4.69, 9.17) is 0 Å². The summed E-state index contributed by atoms with van der Waals surface area (Å²) in [5.74, 6) is -0.0989. The number of amides is 4. The summed E-state index contributed by atoms with van der Waals surface area (Å²) in [6.45, 7) is 6.56. The molecule has 2 unspecified atom stereocenters. The topological polar surface area (TPSA) is 69.7 Å². The molecular weight excluding hydrogens is 330 g/mol. The fourth-order valence-electron chi connectivity index (χ4n) is 5.35. The van der Waals surface area contributed by atoms with E-state index in [1.54, 1.807) is 0 Å². The summed E-state index contributed by atoms with van der Waals surface area (Å²) >= 11 is 0. The molecule has 26 heavy (non-hydrogen) atoms. The minimum absolute atomic E-state index is 0.100. The van der Waals surface area contributed by atoms with Crippen molar-refractivity contribution in [3.8, 4) is 0 Å². The molecule has 0 aromatic carbocycles. The van der Waals surface area contributed by atoms with Gasteiger partial charge in [0.25, 0.3) is 5.91 Å². The fourth-order valence-corrected chi connectivity index (χ4v) is 5.35. The quantitative estimate of drug-likeness (QED) is 0.781. The summed E-state index contributed by atoms with van der Waals surface area (Å²) in [4.78, 5) is 41.8. The third-order valence-electron chi connectivity index (χ3n) is 6.96. The Kier molecular flexibility index (Phi) is 5.58. The Bertz CT molecular complexity index is 561. The molecule has 2 aliphatic carbocycles. The number of carbonyl (C=O) groups is 3. The van der Waals surface area contributed by atoms with Crippen LogP contribution in [0.15, 0.2) is 0 Å². The van der Waals surface area contributed by atoms with Crippen LogP contribution in [0.5, 0.6) is 0 Å². The summed E-state index contributed by atoms with van der Waals surface area (Å²) in [5.41, 5.74) is -0.822. The maximum atomic E-state index is 13.2. The summed E-state index contributed by atoms with van der Waals surface area (Å²) in [6, 6.07) is -0.146. The summed E-state index contributed by atoms with van der Waals surface area (Å²) in [7, 11) is 0. The third kappa shape index (κ3) is 3.12. The fraction of sp³-hybridized carbons (Fsp3) is 0.850. The molecule has 1 N–H and O–H groups in total. The van der Waals surface area contributed by atoms with E-state index in [1.807, 2.05) is 25.7 Å². The zero-order valence-corrected chi connectivity index (χ0v) is 16.4. The maximum absolute atomic E-state index is 13.2. The van der Waals surface area contributed by atoms with Crippen LogP contribution in [0.4, 0.5) is 4.79 Å². The van der Waals surface area contributed by atoms with Crippen molar-refractivity contribution in [3.05, 3.63) is 0 Å². The lowest BCUT2D eigenvalue weighted by molar-refractivity contribution is -0.143. The predicted molar refractivity (Wildman–Crippen MR) is 99.4 cm³/mol. The van der Waals surface area contributed by atoms with Crippen molar-refractivity contribution < 1.29 is 14.4 Å². The van der Waals surface area contributed by atoms with E-state index < -0.39 is 11.6 Å². The highest BCUT2D eigenvalue weighted by Crippen LogP contribution is 2.42. The Morgan fingerprint density at radius 3 is 2.27 bits per heavy atom. The van der Waals surface area contributed by atoms with Gasteiger partial charge >= 0.3 is 6.03 Å². The molecule has 0 bridgehead atoms. The van der Waals surface area contributed by atoms with Crippen LogP contribution in [0.1, 0.15) is 72.1 Å². The standard InChI is InChI=1S/C20H33N3O3/c1-4-22(16-11-6-5-7-12-16)17(24)13-23-18(25)20(21-19(23)26)14(2)9-8-10-15(20)3/h14-16H,4-13H2,1-3H3,(H,21,26). The molecule has 3 rings (SSSR count). The zero-order valence-electron chi connectivity index (χ0n) is 16.4. The van der Waals surface area contributed by atoms with Crippen molar-refractivity contribution >= 4 is 17.8 Å². The largest absolute Gasteiger partial charge is 0.338 e. The molecule has 146 valence electrons. The Labute approximate surface area is 156 Å². The molecule has 2 atom stereocenters. The summed E-state index contributed by atoms with van der Waals surface area (Å²) < 4.78 is 0. The number of likely N-dealkylation sites (N-methyl/N-ethyl adjacent to an activating group) is 1. The molecule has 1 heterocycles. The second-order valence-corrected chi connectivity index (χ2v) is 8.40. The molecule has 6 heteroatoms. The first kappa shape index (κ1) is 19.2. The van der Waals surface area contributed by atoms with Crippen LogP contribution >= 0.6 is 0 Å². The molecule has 1 saturated heterocycles. The number of imide groups is 1. The average Bonchev–Trinajstić information content (AvgIpc) is 2.87. The van der Waals surface area contributed by atoms with Crippen LogP contribution in [0, 0.1) is 11.8 Å². The van der Waals surface area contributed by atoms with E-state index in [9.17, 15) is 14.4 Å². The maximum Gasteiger partial charge on any atom is 0.325 e. The minimum Gasteiger partial charge on any atom is -0.338 e. The van der Waals surface area contributed by atoms with Crippen molar-refractivity contribution in [1.82, 2.24) is 15.1 Å². The van der Waals surface area contributed by atoms with Gasteiger partial charge in [0.2, 0.25) is 5.91 Å². The molecule has 2 saturated carbocycles. The van der Waals surface area contributed by atoms with Gasteiger partial charge in [-0.15, -0.1) is 0 Å². The van der Waals surface area contributed by atoms with Crippen molar-refractivity contribution in [1.29, 1.82) is 0 Å². The van der Waals surface area contributed by atoms with Gasteiger partial charge in [0.15, 0.2) is 0 Å². The number of hydrogen-bond donors (Lipinski definition) is 1. The molecular formula is C20H33N3O3. The minimum atomic E-state index is -0.822. The van der Waals surface area contributed by atoms with E-state index in [-0.39, 0.29) is 36.2 Å². The van der Waals surface area contributed by atoms with E-state index in [0.717, 1.165) is 44.9 Å². The van der Waals surface area contributed by atoms with Crippen LogP contribution < -0.4 is 5.32 Å². The van der Waals surface area contributed by atoms with Gasteiger partial charge in [-0.2, -0.15) is 0 Å². The first-order valence-electron chi connectivity index (χ1n) is 10.3. The first-order chi connectivity index (χ1) is 12.4. The SMILES string of the molecule is CCN(C(=O)CN1C(=O)NC2(C1=O)C(C)CCCC2C)C1CCCCC1. The van der Waals surface area contributed by atoms with Gasteiger partial charge in [0.1, 0.15) is 12.1 Å². The third-order valence-corrected chi connectivity index (χ3v) is 6.96. The lowest BCUT2D eigenvalue weighted by Gasteiger charge is -2.42. The molecule has 3 fully saturated rings. The van der Waals surface area contributed by atoms with Gasteiger partial charge < -0.3 is 10.2 Å². The van der Waals surface area contributed by atoms with Crippen molar-refractivity contribution in [2.45, 2.75) is 83.7 Å².